The number of methoxy groups -OCH3 is 1. The van der Waals surface area contributed by atoms with Crippen LogP contribution in [0.5, 0.6) is 5.75 Å². The van der Waals surface area contributed by atoms with E-state index in [2.05, 4.69) is 10.4 Å². The van der Waals surface area contributed by atoms with Crippen LogP contribution in [0.1, 0.15) is 24.8 Å². The van der Waals surface area contributed by atoms with Crippen molar-refractivity contribution >= 4 is 28.4 Å². The number of nitrogens with zero attached hydrogens (tertiary/aromatic N) is 4. The molecule has 0 atom stereocenters. The van der Waals surface area contributed by atoms with E-state index < -0.39 is 0 Å². The lowest BCUT2D eigenvalue weighted by molar-refractivity contribution is -0.127. The molecule has 0 aliphatic carbocycles. The third-order valence-electron chi connectivity index (χ3n) is 5.43. The number of likely N-dealkylation sites (tertiary alicyclic amines) is 1. The van der Waals surface area contributed by atoms with Crippen molar-refractivity contribution in [2.24, 2.45) is 0 Å². The first-order valence-electron chi connectivity index (χ1n) is 10.1. The van der Waals surface area contributed by atoms with E-state index in [9.17, 15) is 14.4 Å². The molecule has 1 aliphatic rings. The summed E-state index contributed by atoms with van der Waals surface area (Å²) in [5.74, 6) is 0.603. The van der Waals surface area contributed by atoms with Crippen LogP contribution in [0.15, 0.2) is 29.1 Å². The standard InChI is InChI=1S/C21H25N5O4/c1-14-11-15-12-16(30-2)6-7-17(15)26-20(14)23-25(21(26)29)13-18(27)22-8-4-10-24-9-3-5-19(24)28/h6-7,11-12H,3-5,8-10,13H2,1-2H3,(H,22,27). The summed E-state index contributed by atoms with van der Waals surface area (Å²) in [7, 11) is 1.60. The van der Waals surface area contributed by atoms with E-state index in [4.69, 9.17) is 4.74 Å². The highest BCUT2D eigenvalue weighted by molar-refractivity contribution is 5.84. The van der Waals surface area contributed by atoms with Crippen molar-refractivity contribution in [3.63, 3.8) is 0 Å². The Labute approximate surface area is 173 Å². The topological polar surface area (TPSA) is 97.9 Å². The number of nitrogens with one attached hydrogen (secondary N) is 1. The van der Waals surface area contributed by atoms with E-state index in [1.54, 1.807) is 13.2 Å². The van der Waals surface area contributed by atoms with Crippen molar-refractivity contribution in [2.75, 3.05) is 26.7 Å². The van der Waals surface area contributed by atoms with Crippen LogP contribution in [0.4, 0.5) is 0 Å². The number of carbonyl (C=O) groups excluding carboxylic acids is 2. The molecule has 0 saturated carbocycles. The number of carbonyl (C=O) groups is 2. The van der Waals surface area contributed by atoms with Crippen molar-refractivity contribution in [3.8, 4) is 5.75 Å². The number of aromatic nitrogens is 3. The molecule has 0 spiro atoms. The summed E-state index contributed by atoms with van der Waals surface area (Å²) < 4.78 is 7.97. The van der Waals surface area contributed by atoms with E-state index in [1.165, 1.54) is 9.08 Å². The maximum absolute atomic E-state index is 12.9. The summed E-state index contributed by atoms with van der Waals surface area (Å²) in [5, 5.41) is 8.04. The molecular formula is C21H25N5O4. The van der Waals surface area contributed by atoms with Crippen LogP contribution in [0.2, 0.25) is 0 Å². The van der Waals surface area contributed by atoms with Crippen LogP contribution in [0, 0.1) is 6.92 Å². The van der Waals surface area contributed by atoms with Gasteiger partial charge < -0.3 is 15.0 Å². The summed E-state index contributed by atoms with van der Waals surface area (Å²) in [4.78, 5) is 38.7. The molecule has 1 fully saturated rings. The van der Waals surface area contributed by atoms with Crippen LogP contribution in [0.3, 0.4) is 0 Å². The second kappa shape index (κ2) is 8.17. The Morgan fingerprint density at radius 3 is 2.83 bits per heavy atom. The van der Waals surface area contributed by atoms with Crippen molar-refractivity contribution in [3.05, 3.63) is 40.3 Å². The number of ether oxygens (including phenoxy) is 1. The maximum Gasteiger partial charge on any atom is 0.351 e. The minimum atomic E-state index is -0.360. The van der Waals surface area contributed by atoms with Gasteiger partial charge in [-0.05, 0) is 49.6 Å². The van der Waals surface area contributed by atoms with Crippen molar-refractivity contribution < 1.29 is 14.3 Å². The minimum absolute atomic E-state index is 0.153. The zero-order chi connectivity index (χ0) is 21.3. The van der Waals surface area contributed by atoms with Gasteiger partial charge in [0.25, 0.3) is 0 Å². The number of aryl methyl sites for hydroxylation is 1. The number of hydrogen-bond acceptors (Lipinski definition) is 5. The van der Waals surface area contributed by atoms with Gasteiger partial charge >= 0.3 is 5.69 Å². The van der Waals surface area contributed by atoms with Gasteiger partial charge in [0.05, 0.1) is 12.6 Å². The summed E-state index contributed by atoms with van der Waals surface area (Å²) in [5.41, 5.74) is 1.71. The lowest BCUT2D eigenvalue weighted by atomic mass is 10.1. The molecule has 3 heterocycles. The largest absolute Gasteiger partial charge is 0.497 e. The summed E-state index contributed by atoms with van der Waals surface area (Å²) in [6, 6.07) is 7.42. The SMILES string of the molecule is COc1ccc2c(c1)cc(C)c1nn(CC(=O)NCCCN3CCCC3=O)c(=O)n12. The van der Waals surface area contributed by atoms with Crippen molar-refractivity contribution in [2.45, 2.75) is 32.7 Å². The molecule has 1 saturated heterocycles. The average Bonchev–Trinajstić information content (AvgIpc) is 3.29. The Hall–Kier alpha value is -3.36. The van der Waals surface area contributed by atoms with Crippen molar-refractivity contribution in [1.29, 1.82) is 0 Å². The number of hydrogen-bond donors (Lipinski definition) is 1. The number of amides is 2. The zero-order valence-corrected chi connectivity index (χ0v) is 17.2. The second-order valence-corrected chi connectivity index (χ2v) is 7.54. The highest BCUT2D eigenvalue weighted by atomic mass is 16.5. The Balaban J connectivity index is 1.47. The van der Waals surface area contributed by atoms with Crippen LogP contribution >= 0.6 is 0 Å². The number of pyridine rings is 1. The lowest BCUT2D eigenvalue weighted by Crippen LogP contribution is -2.35. The van der Waals surface area contributed by atoms with Crippen LogP contribution in [-0.2, 0) is 16.1 Å². The Bertz CT molecular complexity index is 1180. The van der Waals surface area contributed by atoms with Gasteiger partial charge in [-0.1, -0.05) is 0 Å². The third kappa shape index (κ3) is 3.74. The van der Waals surface area contributed by atoms with Gasteiger partial charge in [0.2, 0.25) is 11.8 Å². The van der Waals surface area contributed by atoms with Gasteiger partial charge in [0.15, 0.2) is 5.65 Å². The Morgan fingerprint density at radius 1 is 1.27 bits per heavy atom. The average molecular weight is 411 g/mol. The van der Waals surface area contributed by atoms with E-state index in [-0.39, 0.29) is 24.0 Å². The molecule has 2 aromatic heterocycles. The predicted molar refractivity (Wildman–Crippen MR) is 112 cm³/mol. The molecule has 0 radical (unpaired) electrons. The second-order valence-electron chi connectivity index (χ2n) is 7.54. The molecule has 4 rings (SSSR count). The van der Waals surface area contributed by atoms with Gasteiger partial charge in [-0.25, -0.2) is 13.9 Å². The molecule has 158 valence electrons. The molecule has 3 aromatic rings. The molecule has 2 amide bonds. The fraction of sp³-hybridized carbons (Fsp3) is 0.429. The maximum atomic E-state index is 12.9. The normalized spacial score (nSPS) is 14.1. The summed E-state index contributed by atoms with van der Waals surface area (Å²) in [6.45, 7) is 3.61. The zero-order valence-electron chi connectivity index (χ0n) is 17.2. The highest BCUT2D eigenvalue weighted by Gasteiger charge is 2.19. The monoisotopic (exact) mass is 411 g/mol. The lowest BCUT2D eigenvalue weighted by Gasteiger charge is -2.15. The van der Waals surface area contributed by atoms with Gasteiger partial charge in [0, 0.05) is 31.4 Å². The van der Waals surface area contributed by atoms with E-state index in [1.807, 2.05) is 30.0 Å². The fourth-order valence-corrected chi connectivity index (χ4v) is 3.89. The van der Waals surface area contributed by atoms with Crippen LogP contribution in [0.25, 0.3) is 16.6 Å². The molecule has 9 nitrogen and oxygen atoms in total. The van der Waals surface area contributed by atoms with Gasteiger partial charge in [-0.15, -0.1) is 5.10 Å². The molecule has 9 heteroatoms. The molecule has 1 aliphatic heterocycles. The first kappa shape index (κ1) is 19.9. The number of benzene rings is 1. The number of rotatable bonds is 7. The molecule has 1 N–H and O–H groups in total. The molecule has 30 heavy (non-hydrogen) atoms. The quantitative estimate of drug-likeness (QED) is 0.587. The number of fused-ring (bicyclic) bond motifs is 3. The smallest absolute Gasteiger partial charge is 0.351 e. The van der Waals surface area contributed by atoms with Gasteiger partial charge in [-0.3, -0.25) is 9.59 Å². The molecule has 1 aromatic carbocycles. The first-order valence-corrected chi connectivity index (χ1v) is 10.1. The van der Waals surface area contributed by atoms with E-state index in [0.29, 0.717) is 42.8 Å². The predicted octanol–water partition coefficient (Wildman–Crippen LogP) is 1.09. The summed E-state index contributed by atoms with van der Waals surface area (Å²) >= 11 is 0. The Kier molecular flexibility index (Phi) is 5.43. The van der Waals surface area contributed by atoms with E-state index in [0.717, 1.165) is 23.9 Å². The van der Waals surface area contributed by atoms with Gasteiger partial charge in [0.1, 0.15) is 12.3 Å². The summed E-state index contributed by atoms with van der Waals surface area (Å²) in [6.07, 6.45) is 2.20. The van der Waals surface area contributed by atoms with Gasteiger partial charge in [-0.2, -0.15) is 0 Å². The van der Waals surface area contributed by atoms with Crippen molar-refractivity contribution in [1.82, 2.24) is 24.4 Å². The highest BCUT2D eigenvalue weighted by Crippen LogP contribution is 2.23. The van der Waals surface area contributed by atoms with Crippen LogP contribution in [-0.4, -0.2) is 57.6 Å². The molecular weight excluding hydrogens is 386 g/mol. The third-order valence-corrected chi connectivity index (χ3v) is 5.43. The minimum Gasteiger partial charge on any atom is -0.497 e. The molecule has 0 bridgehead atoms. The fourth-order valence-electron chi connectivity index (χ4n) is 3.89. The Morgan fingerprint density at radius 2 is 2.10 bits per heavy atom. The molecule has 0 unspecified atom stereocenters. The van der Waals surface area contributed by atoms with Crippen LogP contribution < -0.4 is 15.7 Å². The van der Waals surface area contributed by atoms with E-state index >= 15 is 0 Å². The first-order chi connectivity index (χ1) is 14.5.